The number of aryl methyl sites for hydroxylation is 1. The second kappa shape index (κ2) is 8.50. The van der Waals surface area contributed by atoms with Crippen molar-refractivity contribution in [3.8, 4) is 5.75 Å². The Balaban J connectivity index is 1.57. The Labute approximate surface area is 199 Å². The summed E-state index contributed by atoms with van der Waals surface area (Å²) in [6, 6.07) is 22.3. The first-order chi connectivity index (χ1) is 16.4. The van der Waals surface area contributed by atoms with Crippen LogP contribution in [0.4, 0.5) is 17.1 Å². The van der Waals surface area contributed by atoms with Gasteiger partial charge in [-0.1, -0.05) is 30.3 Å². The van der Waals surface area contributed by atoms with Crippen LogP contribution in [0, 0.1) is 12.8 Å². The van der Waals surface area contributed by atoms with Crippen LogP contribution >= 0.6 is 0 Å². The molecule has 2 aliphatic heterocycles. The van der Waals surface area contributed by atoms with E-state index in [1.54, 1.807) is 36.4 Å². The fourth-order valence-corrected chi connectivity index (χ4v) is 4.73. The molecular weight excluding hydrogens is 430 g/mol. The van der Waals surface area contributed by atoms with Crippen LogP contribution in [0.1, 0.15) is 17.2 Å². The van der Waals surface area contributed by atoms with Crippen LogP contribution < -0.4 is 19.6 Å². The highest BCUT2D eigenvalue weighted by Crippen LogP contribution is 2.48. The first-order valence-electron chi connectivity index (χ1n) is 11.2. The molecule has 2 amide bonds. The fourth-order valence-electron chi connectivity index (χ4n) is 4.73. The number of amides is 2. The molecule has 3 atom stereocenters. The third-order valence-corrected chi connectivity index (χ3v) is 6.55. The lowest BCUT2D eigenvalue weighted by molar-refractivity contribution is -0.126. The van der Waals surface area contributed by atoms with E-state index in [1.807, 2.05) is 74.4 Å². The number of hydroxylamine groups is 1. The molecule has 0 aliphatic carbocycles. The van der Waals surface area contributed by atoms with Gasteiger partial charge in [-0.3, -0.25) is 14.4 Å². The maximum atomic E-state index is 13.7. The summed E-state index contributed by atoms with van der Waals surface area (Å²) in [4.78, 5) is 36.7. The van der Waals surface area contributed by atoms with Crippen LogP contribution in [0.15, 0.2) is 72.8 Å². The zero-order valence-electron chi connectivity index (χ0n) is 19.6. The lowest BCUT2D eigenvalue weighted by Gasteiger charge is -2.30. The van der Waals surface area contributed by atoms with Crippen molar-refractivity contribution < 1.29 is 19.2 Å². The number of para-hydroxylation sites is 1. The number of carbonyl (C=O) groups excluding carboxylic acids is 2. The lowest BCUT2D eigenvalue weighted by Crippen LogP contribution is -2.37. The van der Waals surface area contributed by atoms with Crippen molar-refractivity contribution in [2.75, 3.05) is 36.1 Å². The first kappa shape index (κ1) is 22.0. The molecule has 3 aromatic rings. The molecule has 34 heavy (non-hydrogen) atoms. The van der Waals surface area contributed by atoms with Gasteiger partial charge in [-0.2, -0.15) is 0 Å². The maximum absolute atomic E-state index is 13.7. The van der Waals surface area contributed by atoms with Gasteiger partial charge in [0, 0.05) is 19.8 Å². The number of hydrogen-bond donors (Lipinski definition) is 0. The maximum Gasteiger partial charge on any atom is 0.266 e. The van der Waals surface area contributed by atoms with Gasteiger partial charge in [0.2, 0.25) is 5.91 Å². The third kappa shape index (κ3) is 3.49. The summed E-state index contributed by atoms with van der Waals surface area (Å²) in [7, 11) is 5.54. The topological polar surface area (TPSA) is 62.3 Å². The van der Waals surface area contributed by atoms with Crippen LogP contribution in [0.2, 0.25) is 0 Å². The molecule has 5 rings (SSSR count). The molecule has 2 saturated heterocycles. The van der Waals surface area contributed by atoms with Crippen LogP contribution in [0.5, 0.6) is 5.75 Å². The zero-order valence-corrected chi connectivity index (χ0v) is 19.6. The summed E-state index contributed by atoms with van der Waals surface area (Å²) in [5, 5.41) is 1.75. The van der Waals surface area contributed by atoms with E-state index in [0.29, 0.717) is 11.4 Å². The molecule has 0 bridgehead atoms. The van der Waals surface area contributed by atoms with Gasteiger partial charge < -0.3 is 9.64 Å². The fraction of sp³-hybridized carbons (Fsp3) is 0.259. The number of ether oxygens (including phenoxy) is 1. The zero-order chi connectivity index (χ0) is 24.0. The van der Waals surface area contributed by atoms with E-state index in [1.165, 1.54) is 4.90 Å². The van der Waals surface area contributed by atoms with Crippen LogP contribution in [-0.2, 0) is 14.4 Å². The van der Waals surface area contributed by atoms with Gasteiger partial charge in [-0.05, 0) is 60.5 Å². The Morgan fingerprint density at radius 3 is 2.18 bits per heavy atom. The Bertz CT molecular complexity index is 1220. The average molecular weight is 458 g/mol. The van der Waals surface area contributed by atoms with Gasteiger partial charge in [-0.15, -0.1) is 0 Å². The van der Waals surface area contributed by atoms with Gasteiger partial charge in [0.25, 0.3) is 5.91 Å². The van der Waals surface area contributed by atoms with Crippen LogP contribution in [-0.4, -0.2) is 39.1 Å². The minimum Gasteiger partial charge on any atom is -0.497 e. The Morgan fingerprint density at radius 2 is 1.56 bits per heavy atom. The Morgan fingerprint density at radius 1 is 0.882 bits per heavy atom. The van der Waals surface area contributed by atoms with Gasteiger partial charge in [-0.25, -0.2) is 9.96 Å². The summed E-state index contributed by atoms with van der Waals surface area (Å²) in [5.74, 6) is -0.632. The number of imide groups is 1. The van der Waals surface area contributed by atoms with Gasteiger partial charge in [0.05, 0.1) is 24.5 Å². The summed E-state index contributed by atoms with van der Waals surface area (Å²) in [6.45, 7) is 1.99. The average Bonchev–Trinajstić information content (AvgIpc) is 3.35. The molecule has 174 valence electrons. The van der Waals surface area contributed by atoms with Crippen molar-refractivity contribution in [3.63, 3.8) is 0 Å². The van der Waals surface area contributed by atoms with E-state index in [0.717, 1.165) is 22.5 Å². The summed E-state index contributed by atoms with van der Waals surface area (Å²) in [5.41, 5.74) is 4.33. The molecule has 0 aromatic heterocycles. The lowest BCUT2D eigenvalue weighted by atomic mass is 9.90. The van der Waals surface area contributed by atoms with Crippen molar-refractivity contribution in [1.29, 1.82) is 0 Å². The monoisotopic (exact) mass is 457 g/mol. The first-order valence-corrected chi connectivity index (χ1v) is 11.2. The van der Waals surface area contributed by atoms with E-state index in [2.05, 4.69) is 0 Å². The molecule has 0 saturated carbocycles. The van der Waals surface area contributed by atoms with Gasteiger partial charge in [0.1, 0.15) is 11.7 Å². The molecule has 0 unspecified atom stereocenters. The minimum absolute atomic E-state index is 0.266. The predicted octanol–water partition coefficient (Wildman–Crippen LogP) is 4.12. The van der Waals surface area contributed by atoms with E-state index in [9.17, 15) is 9.59 Å². The van der Waals surface area contributed by atoms with Gasteiger partial charge in [0.15, 0.2) is 6.10 Å². The number of benzene rings is 3. The molecule has 2 fully saturated rings. The molecular formula is C27H27N3O4. The van der Waals surface area contributed by atoms with E-state index >= 15 is 0 Å². The Hall–Kier alpha value is -3.84. The highest BCUT2D eigenvalue weighted by Gasteiger charge is 2.60. The molecule has 2 aliphatic rings. The summed E-state index contributed by atoms with van der Waals surface area (Å²) in [6.07, 6.45) is -0.896. The number of fused-ring (bicyclic) bond motifs is 1. The third-order valence-electron chi connectivity index (χ3n) is 6.55. The molecule has 0 radical (unpaired) electrons. The number of rotatable bonds is 5. The number of hydrogen-bond acceptors (Lipinski definition) is 6. The van der Waals surface area contributed by atoms with Crippen molar-refractivity contribution in [3.05, 3.63) is 83.9 Å². The normalized spacial score (nSPS) is 21.7. The number of carbonyl (C=O) groups is 2. The van der Waals surface area contributed by atoms with E-state index < -0.39 is 18.1 Å². The number of nitrogens with zero attached hydrogens (tertiary/aromatic N) is 3. The van der Waals surface area contributed by atoms with E-state index in [-0.39, 0.29) is 11.8 Å². The second-order valence-electron chi connectivity index (χ2n) is 8.80. The van der Waals surface area contributed by atoms with Crippen molar-refractivity contribution in [2.24, 2.45) is 5.92 Å². The van der Waals surface area contributed by atoms with Crippen molar-refractivity contribution in [2.45, 2.75) is 19.1 Å². The van der Waals surface area contributed by atoms with Gasteiger partial charge >= 0.3 is 0 Å². The summed E-state index contributed by atoms with van der Waals surface area (Å²) >= 11 is 0. The number of anilines is 3. The standard InChI is InChI=1S/C27H27N3O4/c1-17-7-5-6-8-22(17)30-24(18-9-11-19(12-10-18)28(2)3)23-25(34-30)27(32)29(26(23)31)20-13-15-21(33-4)16-14-20/h5-16,23-25H,1-4H3/t23-,24-,25-/m1/s1. The summed E-state index contributed by atoms with van der Waals surface area (Å²) < 4.78 is 5.21. The smallest absolute Gasteiger partial charge is 0.266 e. The quantitative estimate of drug-likeness (QED) is 0.537. The van der Waals surface area contributed by atoms with Crippen LogP contribution in [0.25, 0.3) is 0 Å². The second-order valence-corrected chi connectivity index (χ2v) is 8.80. The number of methoxy groups -OCH3 is 1. The van der Waals surface area contributed by atoms with Crippen molar-refractivity contribution in [1.82, 2.24) is 0 Å². The molecule has 2 heterocycles. The SMILES string of the molecule is COc1ccc(N2C(=O)[C@@H]3[C@@H](c4ccc(N(C)C)cc4)N(c4ccccc4C)O[C@H]3C2=O)cc1. The molecule has 7 nitrogen and oxygen atoms in total. The minimum atomic E-state index is -0.896. The predicted molar refractivity (Wildman–Crippen MR) is 131 cm³/mol. The van der Waals surface area contributed by atoms with E-state index in [4.69, 9.17) is 9.57 Å². The highest BCUT2D eigenvalue weighted by molar-refractivity contribution is 6.24. The molecule has 0 N–H and O–H groups in total. The molecule has 0 spiro atoms. The van der Waals surface area contributed by atoms with Crippen LogP contribution in [0.3, 0.4) is 0 Å². The Kier molecular flexibility index (Phi) is 5.49. The molecule has 3 aromatic carbocycles. The molecule has 7 heteroatoms. The highest BCUT2D eigenvalue weighted by atomic mass is 16.7. The van der Waals surface area contributed by atoms with Crippen molar-refractivity contribution >= 4 is 28.9 Å². The largest absolute Gasteiger partial charge is 0.497 e.